The predicted molar refractivity (Wildman–Crippen MR) is 87.6 cm³/mol. The van der Waals surface area contributed by atoms with Crippen molar-refractivity contribution < 1.29 is 9.66 Å². The Labute approximate surface area is 139 Å². The lowest BCUT2D eigenvalue weighted by atomic mass is 10.2. The second-order valence-corrected chi connectivity index (χ2v) is 5.99. The fourth-order valence-electron chi connectivity index (χ4n) is 1.97. The van der Waals surface area contributed by atoms with E-state index in [0.717, 1.165) is 5.56 Å². The molecule has 0 aliphatic carbocycles. The first-order valence-corrected chi connectivity index (χ1v) is 7.21. The number of rotatable bonds is 5. The molecule has 0 saturated carbocycles. The normalized spacial score (nSPS) is 10.8. The van der Waals surface area contributed by atoms with Crippen LogP contribution in [0.25, 0.3) is 0 Å². The van der Waals surface area contributed by atoms with Gasteiger partial charge in [0.25, 0.3) is 0 Å². The molecule has 2 rings (SSSR count). The molecule has 0 aliphatic heterocycles. The van der Waals surface area contributed by atoms with E-state index >= 15 is 0 Å². The van der Waals surface area contributed by atoms with Crippen LogP contribution in [0, 0.1) is 21.4 Å². The van der Waals surface area contributed by atoms with Crippen LogP contribution in [-0.2, 0) is 6.54 Å². The van der Waals surface area contributed by atoms with E-state index in [0.29, 0.717) is 5.88 Å². The second-order valence-electron chi connectivity index (χ2n) is 5.99. The number of ether oxygens (including phenoxy) is 1. The molecule has 2 aromatic rings. The van der Waals surface area contributed by atoms with Gasteiger partial charge in [0.05, 0.1) is 4.92 Å². The van der Waals surface area contributed by atoms with E-state index in [1.54, 1.807) is 24.4 Å². The van der Waals surface area contributed by atoms with Crippen molar-refractivity contribution in [2.75, 3.05) is 5.32 Å². The van der Waals surface area contributed by atoms with Gasteiger partial charge < -0.3 is 10.1 Å². The summed E-state index contributed by atoms with van der Waals surface area (Å²) in [6.07, 6.45) is 2.96. The van der Waals surface area contributed by atoms with Crippen molar-refractivity contribution in [2.24, 2.45) is 0 Å². The molecule has 24 heavy (non-hydrogen) atoms. The quantitative estimate of drug-likeness (QED) is 0.663. The third-order valence-corrected chi connectivity index (χ3v) is 2.90. The first-order chi connectivity index (χ1) is 11.3. The highest BCUT2D eigenvalue weighted by Gasteiger charge is 2.21. The summed E-state index contributed by atoms with van der Waals surface area (Å²) in [6.45, 7) is 6.03. The average molecular weight is 327 g/mol. The lowest BCUT2D eigenvalue weighted by Gasteiger charge is -2.20. The number of hydrogen-bond acceptors (Lipinski definition) is 7. The summed E-state index contributed by atoms with van der Waals surface area (Å²) in [6, 6.07) is 6.62. The molecular weight excluding hydrogens is 310 g/mol. The molecule has 0 unspecified atom stereocenters. The van der Waals surface area contributed by atoms with Gasteiger partial charge in [0.15, 0.2) is 0 Å². The number of hydrogen-bond donors (Lipinski definition) is 1. The minimum absolute atomic E-state index is 0.0380. The standard InChI is InChI=1S/C16H17N5O3/c1-16(2,3)24-13-8-11(4-6-18-13)10-20-15-14(21(22)23)12(9-17)5-7-19-15/h4-8H,10H2,1-3H3,(H,19,20). The second kappa shape index (κ2) is 6.91. The summed E-state index contributed by atoms with van der Waals surface area (Å²) in [4.78, 5) is 18.6. The van der Waals surface area contributed by atoms with Crippen molar-refractivity contribution in [3.8, 4) is 11.9 Å². The third-order valence-electron chi connectivity index (χ3n) is 2.90. The summed E-state index contributed by atoms with van der Waals surface area (Å²) in [5, 5.41) is 23.0. The summed E-state index contributed by atoms with van der Waals surface area (Å²) >= 11 is 0. The molecule has 0 fully saturated rings. The highest BCUT2D eigenvalue weighted by molar-refractivity contribution is 5.64. The topological polar surface area (TPSA) is 114 Å². The van der Waals surface area contributed by atoms with E-state index in [1.165, 1.54) is 12.3 Å². The molecule has 0 bridgehead atoms. The fourth-order valence-corrected chi connectivity index (χ4v) is 1.97. The van der Waals surface area contributed by atoms with E-state index in [-0.39, 0.29) is 29.2 Å². The van der Waals surface area contributed by atoms with Crippen LogP contribution in [0.5, 0.6) is 5.88 Å². The molecule has 1 N–H and O–H groups in total. The van der Waals surface area contributed by atoms with Gasteiger partial charge in [-0.3, -0.25) is 10.1 Å². The van der Waals surface area contributed by atoms with Crippen molar-refractivity contribution >= 4 is 11.5 Å². The fraction of sp³-hybridized carbons (Fsp3) is 0.312. The molecule has 0 saturated heterocycles. The van der Waals surface area contributed by atoms with E-state index in [2.05, 4.69) is 15.3 Å². The van der Waals surface area contributed by atoms with Gasteiger partial charge >= 0.3 is 5.69 Å². The Morgan fingerprint density at radius 1 is 1.33 bits per heavy atom. The Kier molecular flexibility index (Phi) is 4.94. The van der Waals surface area contributed by atoms with Gasteiger partial charge in [-0.2, -0.15) is 5.26 Å². The predicted octanol–water partition coefficient (Wildman–Crippen LogP) is 3.05. The zero-order valence-electron chi connectivity index (χ0n) is 13.6. The van der Waals surface area contributed by atoms with E-state index in [9.17, 15) is 10.1 Å². The molecule has 0 aliphatic rings. The van der Waals surface area contributed by atoms with Crippen molar-refractivity contribution in [3.05, 3.63) is 51.8 Å². The summed E-state index contributed by atoms with van der Waals surface area (Å²) in [7, 11) is 0. The van der Waals surface area contributed by atoms with Crippen molar-refractivity contribution in [1.82, 2.24) is 9.97 Å². The Hall–Kier alpha value is -3.21. The third kappa shape index (κ3) is 4.39. The number of aromatic nitrogens is 2. The van der Waals surface area contributed by atoms with E-state index in [4.69, 9.17) is 10.00 Å². The zero-order valence-corrected chi connectivity index (χ0v) is 13.6. The van der Waals surface area contributed by atoms with E-state index in [1.807, 2.05) is 20.8 Å². The van der Waals surface area contributed by atoms with Crippen molar-refractivity contribution in [3.63, 3.8) is 0 Å². The Morgan fingerprint density at radius 3 is 2.67 bits per heavy atom. The molecule has 8 nitrogen and oxygen atoms in total. The van der Waals surface area contributed by atoms with Gasteiger partial charge in [0.2, 0.25) is 11.7 Å². The number of nitro groups is 1. The molecule has 0 amide bonds. The minimum atomic E-state index is -0.616. The molecule has 124 valence electrons. The lowest BCUT2D eigenvalue weighted by molar-refractivity contribution is -0.384. The maximum absolute atomic E-state index is 11.2. The summed E-state index contributed by atoms with van der Waals surface area (Å²) in [5.74, 6) is 0.518. The van der Waals surface area contributed by atoms with Gasteiger partial charge in [-0.25, -0.2) is 9.97 Å². The number of pyridine rings is 2. The number of nitriles is 1. The van der Waals surface area contributed by atoms with Crippen LogP contribution in [0.15, 0.2) is 30.6 Å². The maximum atomic E-state index is 11.2. The first kappa shape index (κ1) is 17.1. The Balaban J connectivity index is 2.19. The summed E-state index contributed by atoms with van der Waals surface area (Å²) in [5.41, 5.74) is 0.0764. The molecule has 2 aromatic heterocycles. The first-order valence-electron chi connectivity index (χ1n) is 7.21. The smallest absolute Gasteiger partial charge is 0.328 e. The molecule has 0 radical (unpaired) electrons. The van der Waals surface area contributed by atoms with Crippen LogP contribution in [0.1, 0.15) is 31.9 Å². The van der Waals surface area contributed by atoms with Crippen LogP contribution in [0.3, 0.4) is 0 Å². The lowest BCUT2D eigenvalue weighted by Crippen LogP contribution is -2.23. The molecule has 0 spiro atoms. The minimum Gasteiger partial charge on any atom is -0.472 e. The number of nitrogens with zero attached hydrogens (tertiary/aromatic N) is 4. The average Bonchev–Trinajstić information content (AvgIpc) is 2.51. The van der Waals surface area contributed by atoms with Crippen molar-refractivity contribution in [1.29, 1.82) is 5.26 Å². The monoisotopic (exact) mass is 327 g/mol. The van der Waals surface area contributed by atoms with Gasteiger partial charge in [0.1, 0.15) is 17.2 Å². The molecule has 0 aromatic carbocycles. The molecule has 2 heterocycles. The van der Waals surface area contributed by atoms with E-state index < -0.39 is 4.92 Å². The largest absolute Gasteiger partial charge is 0.472 e. The number of nitrogens with one attached hydrogen (secondary N) is 1. The van der Waals surface area contributed by atoms with Gasteiger partial charge in [0, 0.05) is 25.0 Å². The zero-order chi connectivity index (χ0) is 17.7. The SMILES string of the molecule is CC(C)(C)Oc1cc(CNc2nccc(C#N)c2[N+](=O)[O-])ccn1. The Morgan fingerprint density at radius 2 is 2.04 bits per heavy atom. The van der Waals surface area contributed by atoms with Crippen LogP contribution in [0.4, 0.5) is 11.5 Å². The maximum Gasteiger partial charge on any atom is 0.328 e. The van der Waals surface area contributed by atoms with Gasteiger partial charge in [-0.05, 0) is 38.5 Å². The Bertz CT molecular complexity index is 793. The van der Waals surface area contributed by atoms with Crippen LogP contribution < -0.4 is 10.1 Å². The van der Waals surface area contributed by atoms with Gasteiger partial charge in [-0.15, -0.1) is 0 Å². The number of anilines is 1. The molecule has 0 atom stereocenters. The molecule has 8 heteroatoms. The highest BCUT2D eigenvalue weighted by Crippen LogP contribution is 2.26. The van der Waals surface area contributed by atoms with Gasteiger partial charge in [-0.1, -0.05) is 0 Å². The van der Waals surface area contributed by atoms with Crippen LogP contribution in [0.2, 0.25) is 0 Å². The molecular formula is C16H17N5O3. The van der Waals surface area contributed by atoms with Crippen LogP contribution in [-0.4, -0.2) is 20.5 Å². The highest BCUT2D eigenvalue weighted by atomic mass is 16.6. The van der Waals surface area contributed by atoms with Crippen LogP contribution >= 0.6 is 0 Å². The van der Waals surface area contributed by atoms with Crippen molar-refractivity contribution in [2.45, 2.75) is 32.9 Å². The summed E-state index contributed by atoms with van der Waals surface area (Å²) < 4.78 is 5.69.